The van der Waals surface area contributed by atoms with E-state index in [1.165, 1.54) is 10.6 Å². The van der Waals surface area contributed by atoms with Gasteiger partial charge in [0.15, 0.2) is 0 Å². The molecule has 45 valence electrons. The lowest BCUT2D eigenvalue weighted by Crippen LogP contribution is -2.01. The maximum Gasteiger partial charge on any atom is 0.0964 e. The Hall–Kier alpha value is -0.760. The van der Waals surface area contributed by atoms with Crippen LogP contribution in [0.15, 0.2) is 17.5 Å². The van der Waals surface area contributed by atoms with E-state index in [0.717, 1.165) is 6.54 Å². The van der Waals surface area contributed by atoms with Gasteiger partial charge in [-0.25, -0.2) is 0 Å². The fourth-order valence-corrected chi connectivity index (χ4v) is 1.63. The Labute approximate surface area is 58.0 Å². The van der Waals surface area contributed by atoms with E-state index < -0.39 is 0 Å². The maximum absolute atomic E-state index is 3.24. The summed E-state index contributed by atoms with van der Waals surface area (Å²) in [4.78, 5) is 0. The summed E-state index contributed by atoms with van der Waals surface area (Å²) < 4.78 is 0. The fraction of sp³-hybridized carbons (Fsp3) is 0.143. The fourth-order valence-electron chi connectivity index (χ4n) is 0.865. The molecule has 0 spiro atoms. The first-order valence-corrected chi connectivity index (χ1v) is 3.74. The molecule has 0 atom stereocenters. The number of fused-ring (bicyclic) bond motifs is 1. The minimum atomic E-state index is 0.924. The summed E-state index contributed by atoms with van der Waals surface area (Å²) in [7, 11) is 0. The van der Waals surface area contributed by atoms with Gasteiger partial charge in [-0.15, -0.1) is 11.3 Å². The van der Waals surface area contributed by atoms with Crippen LogP contribution in [0.5, 0.6) is 0 Å². The van der Waals surface area contributed by atoms with Gasteiger partial charge in [0.1, 0.15) is 0 Å². The SMILES string of the molecule is [C]1=CCNc2sccc21. The molecule has 0 aromatic carbocycles. The smallest absolute Gasteiger partial charge is 0.0964 e. The Morgan fingerprint density at radius 1 is 1.67 bits per heavy atom. The number of rotatable bonds is 0. The van der Waals surface area contributed by atoms with Gasteiger partial charge in [-0.2, -0.15) is 0 Å². The third-order valence-corrected chi connectivity index (χ3v) is 2.16. The van der Waals surface area contributed by atoms with Gasteiger partial charge in [-0.05, 0) is 17.5 Å². The minimum absolute atomic E-state index is 0.924. The highest BCUT2D eigenvalue weighted by molar-refractivity contribution is 7.14. The average molecular weight is 136 g/mol. The van der Waals surface area contributed by atoms with E-state index in [9.17, 15) is 0 Å². The van der Waals surface area contributed by atoms with Crippen LogP contribution >= 0.6 is 11.3 Å². The van der Waals surface area contributed by atoms with Crippen molar-refractivity contribution in [2.75, 3.05) is 11.9 Å². The molecule has 2 heterocycles. The van der Waals surface area contributed by atoms with Crippen molar-refractivity contribution >= 4 is 16.3 Å². The third kappa shape index (κ3) is 0.754. The second-order valence-electron chi connectivity index (χ2n) is 1.89. The lowest BCUT2D eigenvalue weighted by atomic mass is 10.2. The van der Waals surface area contributed by atoms with Crippen molar-refractivity contribution in [1.29, 1.82) is 0 Å². The Bertz CT molecular complexity index is 237. The predicted octanol–water partition coefficient (Wildman–Crippen LogP) is 1.88. The number of anilines is 1. The van der Waals surface area contributed by atoms with Crippen molar-refractivity contribution in [1.82, 2.24) is 0 Å². The zero-order chi connectivity index (χ0) is 6.10. The van der Waals surface area contributed by atoms with Crippen LogP contribution in [0.4, 0.5) is 5.00 Å². The zero-order valence-corrected chi connectivity index (χ0v) is 5.66. The first kappa shape index (κ1) is 5.06. The zero-order valence-electron chi connectivity index (χ0n) is 4.85. The lowest BCUT2D eigenvalue weighted by Gasteiger charge is -2.04. The molecule has 9 heavy (non-hydrogen) atoms. The summed E-state index contributed by atoms with van der Waals surface area (Å²) in [5.74, 6) is 0. The number of hydrogen-bond acceptors (Lipinski definition) is 2. The molecule has 0 amide bonds. The highest BCUT2D eigenvalue weighted by atomic mass is 32.1. The summed E-state index contributed by atoms with van der Waals surface area (Å²) in [5, 5.41) is 6.56. The second-order valence-corrected chi connectivity index (χ2v) is 2.81. The highest BCUT2D eigenvalue weighted by Crippen LogP contribution is 2.24. The molecular weight excluding hydrogens is 130 g/mol. The summed E-state index contributed by atoms with van der Waals surface area (Å²) in [6.45, 7) is 0.924. The van der Waals surface area contributed by atoms with Gasteiger partial charge in [-0.3, -0.25) is 0 Å². The molecule has 0 aliphatic carbocycles. The molecule has 1 nitrogen and oxygen atoms in total. The normalized spacial score (nSPS) is 14.7. The third-order valence-electron chi connectivity index (χ3n) is 1.29. The minimum Gasteiger partial charge on any atom is -0.373 e. The quantitative estimate of drug-likeness (QED) is 0.574. The first-order chi connectivity index (χ1) is 4.47. The van der Waals surface area contributed by atoms with E-state index in [2.05, 4.69) is 22.8 Å². The topological polar surface area (TPSA) is 12.0 Å². The van der Waals surface area contributed by atoms with Gasteiger partial charge in [0.2, 0.25) is 0 Å². The molecule has 0 unspecified atom stereocenters. The van der Waals surface area contributed by atoms with Crippen molar-refractivity contribution in [3.8, 4) is 0 Å². The van der Waals surface area contributed by atoms with Crippen LogP contribution in [0, 0.1) is 6.08 Å². The maximum atomic E-state index is 3.24. The Kier molecular flexibility index (Phi) is 1.06. The van der Waals surface area contributed by atoms with Crippen molar-refractivity contribution in [2.45, 2.75) is 0 Å². The van der Waals surface area contributed by atoms with E-state index in [1.807, 2.05) is 6.08 Å². The molecule has 0 bridgehead atoms. The Morgan fingerprint density at radius 2 is 2.67 bits per heavy atom. The van der Waals surface area contributed by atoms with Crippen LogP contribution in [-0.4, -0.2) is 6.54 Å². The van der Waals surface area contributed by atoms with Crippen LogP contribution in [0.25, 0.3) is 0 Å². The molecule has 0 saturated heterocycles. The number of thiophene rings is 1. The predicted molar refractivity (Wildman–Crippen MR) is 39.7 cm³/mol. The molecule has 1 aliphatic rings. The molecule has 1 aromatic rings. The van der Waals surface area contributed by atoms with Gasteiger partial charge in [0.25, 0.3) is 0 Å². The van der Waals surface area contributed by atoms with Gasteiger partial charge >= 0.3 is 0 Å². The summed E-state index contributed by atoms with van der Waals surface area (Å²) in [5.41, 5.74) is 1.20. The summed E-state index contributed by atoms with van der Waals surface area (Å²) >= 11 is 1.73. The van der Waals surface area contributed by atoms with Crippen molar-refractivity contribution < 1.29 is 0 Å². The number of nitrogens with one attached hydrogen (secondary N) is 1. The van der Waals surface area contributed by atoms with Crippen molar-refractivity contribution in [3.63, 3.8) is 0 Å². The van der Waals surface area contributed by atoms with E-state index in [-0.39, 0.29) is 0 Å². The van der Waals surface area contributed by atoms with Crippen molar-refractivity contribution in [2.24, 2.45) is 0 Å². The standard InChI is InChI=1S/C7H6NS/c1-2-6-3-5-9-7(6)8-4-1/h1,3,5,8H,4H2. The van der Waals surface area contributed by atoms with Crippen LogP contribution in [0.2, 0.25) is 0 Å². The average Bonchev–Trinajstić information content (AvgIpc) is 2.33. The lowest BCUT2D eigenvalue weighted by molar-refractivity contribution is 1.30. The highest BCUT2D eigenvalue weighted by Gasteiger charge is 2.02. The molecule has 2 heteroatoms. The molecule has 2 rings (SSSR count). The van der Waals surface area contributed by atoms with Crippen LogP contribution in [-0.2, 0) is 0 Å². The molecule has 1 N–H and O–H groups in total. The molecule has 1 aliphatic heterocycles. The van der Waals surface area contributed by atoms with Crippen LogP contribution in [0.1, 0.15) is 5.56 Å². The van der Waals surface area contributed by atoms with Crippen LogP contribution < -0.4 is 5.32 Å². The number of hydrogen-bond donors (Lipinski definition) is 1. The van der Waals surface area contributed by atoms with E-state index >= 15 is 0 Å². The summed E-state index contributed by atoms with van der Waals surface area (Å²) in [6.07, 6.45) is 5.17. The Balaban J connectivity index is 2.53. The molecule has 1 radical (unpaired) electrons. The molecule has 1 aromatic heterocycles. The molecular formula is C7H6NS. The summed E-state index contributed by atoms with van der Waals surface area (Å²) in [6, 6.07) is 2.07. The molecule has 0 saturated carbocycles. The van der Waals surface area contributed by atoms with E-state index in [4.69, 9.17) is 0 Å². The first-order valence-electron chi connectivity index (χ1n) is 2.86. The van der Waals surface area contributed by atoms with Gasteiger partial charge in [-0.1, -0.05) is 6.08 Å². The van der Waals surface area contributed by atoms with Gasteiger partial charge in [0, 0.05) is 12.1 Å². The molecule has 0 fully saturated rings. The van der Waals surface area contributed by atoms with Crippen LogP contribution in [0.3, 0.4) is 0 Å². The van der Waals surface area contributed by atoms with E-state index in [1.54, 1.807) is 11.3 Å². The Morgan fingerprint density at radius 3 is 3.56 bits per heavy atom. The van der Waals surface area contributed by atoms with Gasteiger partial charge in [0.05, 0.1) is 5.00 Å². The largest absolute Gasteiger partial charge is 0.373 e. The van der Waals surface area contributed by atoms with E-state index in [0.29, 0.717) is 0 Å². The van der Waals surface area contributed by atoms with Crippen molar-refractivity contribution in [3.05, 3.63) is 29.2 Å². The monoisotopic (exact) mass is 136 g/mol. The second kappa shape index (κ2) is 1.88. The van der Waals surface area contributed by atoms with Gasteiger partial charge < -0.3 is 5.32 Å².